The number of fused-ring (bicyclic) bond motifs is 1. The van der Waals surface area contributed by atoms with Gasteiger partial charge in [-0.1, -0.05) is 5.16 Å². The number of rotatable bonds is 5. The monoisotopic (exact) mass is 334 g/mol. The summed E-state index contributed by atoms with van der Waals surface area (Å²) in [7, 11) is 5.51. The second-order valence-electron chi connectivity index (χ2n) is 5.64. The van der Waals surface area contributed by atoms with E-state index < -0.39 is 0 Å². The van der Waals surface area contributed by atoms with Crippen LogP contribution in [0.25, 0.3) is 10.9 Å². The number of nitrogens with zero attached hydrogens (tertiary/aromatic N) is 4. The minimum absolute atomic E-state index is 0.345. The van der Waals surface area contributed by atoms with Crippen molar-refractivity contribution in [1.29, 1.82) is 0 Å². The number of oxime groups is 1. The molecule has 5 nitrogen and oxygen atoms in total. The Balaban J connectivity index is 2.41. The topological polar surface area (TPSA) is 42.1 Å². The zero-order valence-corrected chi connectivity index (χ0v) is 15.1. The Morgan fingerprint density at radius 2 is 2.04 bits per heavy atom. The first-order valence-electron chi connectivity index (χ1n) is 7.43. The van der Waals surface area contributed by atoms with E-state index in [1.54, 1.807) is 0 Å². The van der Waals surface area contributed by atoms with E-state index in [1.807, 2.05) is 32.0 Å². The number of aryl methyl sites for hydroxylation is 1. The first-order chi connectivity index (χ1) is 11.0. The quantitative estimate of drug-likeness (QED) is 0.361. The molecule has 0 saturated heterocycles. The van der Waals surface area contributed by atoms with Crippen LogP contribution in [-0.2, 0) is 11.4 Å². The third-order valence-corrected chi connectivity index (χ3v) is 4.05. The van der Waals surface area contributed by atoms with Gasteiger partial charge < -0.3 is 14.3 Å². The molecule has 0 fully saturated rings. The number of aliphatic imine (C=N–C) groups is 1. The molecule has 2 rings (SSSR count). The van der Waals surface area contributed by atoms with E-state index in [0.717, 1.165) is 33.8 Å². The zero-order valence-electron chi connectivity index (χ0n) is 14.3. The fourth-order valence-corrected chi connectivity index (χ4v) is 2.50. The number of hydrogen-bond donors (Lipinski definition) is 0. The standard InChI is InChI=1S/C17H23ClN4O/c1-12-8-14-9-15(19-13(2)21(3)4)6-7-17(14)22(12)11-16(10-18)20-23-5/h6-9H,10-11H2,1-5H3. The predicted octanol–water partition coefficient (Wildman–Crippen LogP) is 3.80. The van der Waals surface area contributed by atoms with Gasteiger partial charge in [0, 0.05) is 30.7 Å². The van der Waals surface area contributed by atoms with Gasteiger partial charge in [-0.3, -0.25) is 0 Å². The van der Waals surface area contributed by atoms with Gasteiger partial charge >= 0.3 is 0 Å². The minimum atomic E-state index is 0.345. The van der Waals surface area contributed by atoms with Gasteiger partial charge in [0.05, 0.1) is 23.8 Å². The van der Waals surface area contributed by atoms with E-state index in [0.29, 0.717) is 12.4 Å². The summed E-state index contributed by atoms with van der Waals surface area (Å²) in [6.07, 6.45) is 0. The fourth-order valence-electron chi connectivity index (χ4n) is 2.37. The van der Waals surface area contributed by atoms with Crippen LogP contribution in [-0.4, -0.2) is 48.1 Å². The van der Waals surface area contributed by atoms with E-state index in [9.17, 15) is 0 Å². The molecule has 0 bridgehead atoms. The van der Waals surface area contributed by atoms with Gasteiger partial charge in [-0.25, -0.2) is 4.99 Å². The van der Waals surface area contributed by atoms with Gasteiger partial charge in [0.15, 0.2) is 0 Å². The molecule has 0 unspecified atom stereocenters. The molecular formula is C17H23ClN4O. The average molecular weight is 335 g/mol. The molecule has 1 heterocycles. The molecule has 2 aromatic rings. The van der Waals surface area contributed by atoms with Crippen LogP contribution in [0.5, 0.6) is 0 Å². The Morgan fingerprint density at radius 1 is 1.30 bits per heavy atom. The van der Waals surface area contributed by atoms with Crippen molar-refractivity contribution in [3.8, 4) is 0 Å². The highest BCUT2D eigenvalue weighted by Crippen LogP contribution is 2.25. The lowest BCUT2D eigenvalue weighted by molar-refractivity contribution is 0.212. The first-order valence-corrected chi connectivity index (χ1v) is 7.97. The van der Waals surface area contributed by atoms with E-state index in [1.165, 1.54) is 7.11 Å². The Hall–Kier alpha value is -2.01. The molecule has 1 aromatic carbocycles. The SMILES string of the molecule is CON=C(CCl)Cn1c(C)cc2cc(N=C(C)N(C)C)ccc21. The molecule has 0 radical (unpaired) electrons. The molecule has 0 atom stereocenters. The van der Waals surface area contributed by atoms with E-state index in [2.05, 4.69) is 39.8 Å². The van der Waals surface area contributed by atoms with Gasteiger partial charge in [0.1, 0.15) is 12.9 Å². The van der Waals surface area contributed by atoms with Crippen LogP contribution < -0.4 is 0 Å². The Bertz CT molecular complexity index is 746. The Labute approximate surface area is 142 Å². The molecule has 0 aliphatic heterocycles. The Morgan fingerprint density at radius 3 is 2.65 bits per heavy atom. The van der Waals surface area contributed by atoms with Crippen molar-refractivity contribution < 1.29 is 4.84 Å². The van der Waals surface area contributed by atoms with Crippen LogP contribution in [0.4, 0.5) is 5.69 Å². The maximum atomic E-state index is 5.93. The van der Waals surface area contributed by atoms with Crippen LogP contribution in [0.1, 0.15) is 12.6 Å². The normalized spacial score (nSPS) is 12.8. The lowest BCUT2D eigenvalue weighted by atomic mass is 10.2. The summed E-state index contributed by atoms with van der Waals surface area (Å²) in [5, 5.41) is 5.13. The average Bonchev–Trinajstić information content (AvgIpc) is 2.81. The molecule has 0 aliphatic carbocycles. The molecule has 6 heteroatoms. The molecule has 0 spiro atoms. The summed E-state index contributed by atoms with van der Waals surface area (Å²) in [4.78, 5) is 11.5. The lowest BCUT2D eigenvalue weighted by Crippen LogP contribution is -2.17. The van der Waals surface area contributed by atoms with Crippen molar-refractivity contribution in [3.05, 3.63) is 30.0 Å². The smallest absolute Gasteiger partial charge is 0.106 e. The molecule has 23 heavy (non-hydrogen) atoms. The van der Waals surface area contributed by atoms with Crippen LogP contribution in [0.15, 0.2) is 34.4 Å². The van der Waals surface area contributed by atoms with Crippen molar-refractivity contribution in [3.63, 3.8) is 0 Å². The number of amidine groups is 1. The van der Waals surface area contributed by atoms with Crippen LogP contribution in [0.2, 0.25) is 0 Å². The third-order valence-electron chi connectivity index (χ3n) is 3.75. The first kappa shape index (κ1) is 17.3. The van der Waals surface area contributed by atoms with Gasteiger partial charge in [0.25, 0.3) is 0 Å². The summed E-state index contributed by atoms with van der Waals surface area (Å²) in [5.41, 5.74) is 4.03. The summed E-state index contributed by atoms with van der Waals surface area (Å²) in [6, 6.07) is 8.36. The summed E-state index contributed by atoms with van der Waals surface area (Å²) in [5.74, 6) is 1.31. The van der Waals surface area contributed by atoms with Crippen LogP contribution in [0.3, 0.4) is 0 Å². The summed E-state index contributed by atoms with van der Waals surface area (Å²) >= 11 is 5.93. The maximum absolute atomic E-state index is 5.93. The number of aromatic nitrogens is 1. The van der Waals surface area contributed by atoms with E-state index in [-0.39, 0.29) is 0 Å². The van der Waals surface area contributed by atoms with Crippen molar-refractivity contribution in [2.45, 2.75) is 20.4 Å². The molecule has 0 aliphatic rings. The minimum Gasteiger partial charge on any atom is -0.399 e. The second-order valence-corrected chi connectivity index (χ2v) is 5.91. The third kappa shape index (κ3) is 4.05. The van der Waals surface area contributed by atoms with Crippen molar-refractivity contribution in [2.75, 3.05) is 27.1 Å². The lowest BCUT2D eigenvalue weighted by Gasteiger charge is -2.11. The predicted molar refractivity (Wildman–Crippen MR) is 98.3 cm³/mol. The van der Waals surface area contributed by atoms with Crippen LogP contribution in [0, 0.1) is 6.92 Å². The highest BCUT2D eigenvalue weighted by Gasteiger charge is 2.09. The summed E-state index contributed by atoms with van der Waals surface area (Å²) < 4.78 is 2.18. The molecule has 1 aromatic heterocycles. The van der Waals surface area contributed by atoms with Crippen LogP contribution >= 0.6 is 11.6 Å². The molecule has 0 N–H and O–H groups in total. The maximum Gasteiger partial charge on any atom is 0.106 e. The van der Waals surface area contributed by atoms with Crippen molar-refractivity contribution >= 4 is 39.7 Å². The largest absolute Gasteiger partial charge is 0.399 e. The van der Waals surface area contributed by atoms with Gasteiger partial charge in [0.2, 0.25) is 0 Å². The summed E-state index contributed by atoms with van der Waals surface area (Å²) in [6.45, 7) is 4.69. The number of halogens is 1. The molecule has 0 amide bonds. The van der Waals surface area contributed by atoms with Gasteiger partial charge in [-0.05, 0) is 38.1 Å². The van der Waals surface area contributed by atoms with Gasteiger partial charge in [-0.15, -0.1) is 11.6 Å². The van der Waals surface area contributed by atoms with E-state index in [4.69, 9.17) is 16.4 Å². The number of benzene rings is 1. The van der Waals surface area contributed by atoms with Crippen molar-refractivity contribution in [2.24, 2.45) is 10.1 Å². The fraction of sp³-hybridized carbons (Fsp3) is 0.412. The molecule has 0 saturated carbocycles. The number of hydrogen-bond acceptors (Lipinski definition) is 3. The van der Waals surface area contributed by atoms with Gasteiger partial charge in [-0.2, -0.15) is 0 Å². The highest BCUT2D eigenvalue weighted by atomic mass is 35.5. The number of alkyl halides is 1. The zero-order chi connectivity index (χ0) is 17.0. The molecule has 124 valence electrons. The Kier molecular flexibility index (Phi) is 5.66. The molecular weight excluding hydrogens is 312 g/mol. The highest BCUT2D eigenvalue weighted by molar-refractivity contribution is 6.28. The van der Waals surface area contributed by atoms with E-state index >= 15 is 0 Å². The second kappa shape index (κ2) is 7.51. The van der Waals surface area contributed by atoms with Crippen molar-refractivity contribution in [1.82, 2.24) is 9.47 Å².